The summed E-state index contributed by atoms with van der Waals surface area (Å²) in [6, 6.07) is 10.0. The fourth-order valence-corrected chi connectivity index (χ4v) is 2.34. The Hall–Kier alpha value is -2.07. The van der Waals surface area contributed by atoms with E-state index < -0.39 is 5.91 Å². The predicted molar refractivity (Wildman–Crippen MR) is 93.2 cm³/mol. The lowest BCUT2D eigenvalue weighted by molar-refractivity contribution is 0.0998. The molecule has 1 amide bonds. The van der Waals surface area contributed by atoms with E-state index in [2.05, 4.69) is 10.3 Å². The Morgan fingerprint density at radius 3 is 2.32 bits per heavy atom. The minimum Gasteiger partial charge on any atom is -0.366 e. The molecule has 2 rings (SSSR count). The highest BCUT2D eigenvalue weighted by Crippen LogP contribution is 2.22. The monoisotopic (exact) mass is 319 g/mol. The summed E-state index contributed by atoms with van der Waals surface area (Å²) >= 11 is 0. The lowest BCUT2D eigenvalue weighted by Crippen LogP contribution is -2.18. The van der Waals surface area contributed by atoms with Gasteiger partial charge in [-0.3, -0.25) is 4.79 Å². The summed E-state index contributed by atoms with van der Waals surface area (Å²) in [5.41, 5.74) is 9.92. The van der Waals surface area contributed by atoms with E-state index in [-0.39, 0.29) is 12.4 Å². The first-order valence-corrected chi connectivity index (χ1v) is 7.21. The summed E-state index contributed by atoms with van der Waals surface area (Å²) in [5.74, 6) is 0.343. The van der Waals surface area contributed by atoms with E-state index in [0.717, 1.165) is 29.2 Å². The summed E-state index contributed by atoms with van der Waals surface area (Å²) in [7, 11) is 0. The molecule has 1 heterocycles. The van der Waals surface area contributed by atoms with Crippen LogP contribution in [0.15, 0.2) is 30.3 Å². The van der Waals surface area contributed by atoms with Crippen LogP contribution < -0.4 is 11.1 Å². The molecule has 0 unspecified atom stereocenters. The maximum atomic E-state index is 11.6. The second-order valence-corrected chi connectivity index (χ2v) is 5.05. The minimum absolute atomic E-state index is 0. The zero-order chi connectivity index (χ0) is 15.4. The van der Waals surface area contributed by atoms with Gasteiger partial charge in [0.1, 0.15) is 5.82 Å². The number of nitrogens with two attached hydrogens (primary N) is 1. The first-order chi connectivity index (χ1) is 10.0. The molecule has 3 N–H and O–H groups in total. The van der Waals surface area contributed by atoms with Gasteiger partial charge in [-0.1, -0.05) is 31.5 Å². The molecule has 1 aromatic heterocycles. The third-order valence-corrected chi connectivity index (χ3v) is 3.46. The summed E-state index contributed by atoms with van der Waals surface area (Å²) in [4.78, 5) is 16.2. The van der Waals surface area contributed by atoms with E-state index >= 15 is 0 Å². The molecule has 0 radical (unpaired) electrons. The number of rotatable bonds is 5. The van der Waals surface area contributed by atoms with Crippen LogP contribution in [0.3, 0.4) is 0 Å². The molecule has 0 atom stereocenters. The Bertz CT molecular complexity index is 628. The smallest absolute Gasteiger partial charge is 0.250 e. The van der Waals surface area contributed by atoms with Crippen molar-refractivity contribution in [2.75, 3.05) is 5.32 Å². The van der Waals surface area contributed by atoms with Gasteiger partial charge in [0.15, 0.2) is 0 Å². The van der Waals surface area contributed by atoms with Crippen LogP contribution in [0.2, 0.25) is 0 Å². The molecular weight excluding hydrogens is 298 g/mol. The van der Waals surface area contributed by atoms with Gasteiger partial charge in [0, 0.05) is 5.69 Å². The highest BCUT2D eigenvalue weighted by atomic mass is 35.5. The molecular formula is C17H22ClN3O. The Kier molecular flexibility index (Phi) is 6.38. The number of anilines is 2. The summed E-state index contributed by atoms with van der Waals surface area (Å²) in [5, 5.41) is 3.28. The number of pyridine rings is 1. The molecule has 22 heavy (non-hydrogen) atoms. The van der Waals surface area contributed by atoms with Crippen molar-refractivity contribution < 1.29 is 4.79 Å². The summed E-state index contributed by atoms with van der Waals surface area (Å²) in [6.07, 6.45) is 1.42. The number of primary amides is 1. The molecule has 0 aliphatic rings. The van der Waals surface area contributed by atoms with Crippen LogP contribution >= 0.6 is 12.4 Å². The van der Waals surface area contributed by atoms with Gasteiger partial charge in [0.05, 0.1) is 11.3 Å². The van der Waals surface area contributed by atoms with Crippen LogP contribution in [0, 0.1) is 6.92 Å². The third kappa shape index (κ3) is 3.98. The highest BCUT2D eigenvalue weighted by molar-refractivity contribution is 5.95. The predicted octanol–water partition coefficient (Wildman–Crippen LogP) is 3.78. The van der Waals surface area contributed by atoms with Crippen molar-refractivity contribution in [3.05, 3.63) is 52.7 Å². The van der Waals surface area contributed by atoms with E-state index in [1.54, 1.807) is 0 Å². The fourth-order valence-electron chi connectivity index (χ4n) is 2.34. The van der Waals surface area contributed by atoms with Gasteiger partial charge in [0.2, 0.25) is 0 Å². The van der Waals surface area contributed by atoms with Crippen LogP contribution in [0.5, 0.6) is 0 Å². The molecule has 0 spiro atoms. The van der Waals surface area contributed by atoms with Crippen molar-refractivity contribution >= 4 is 29.8 Å². The first kappa shape index (κ1) is 18.0. The Morgan fingerprint density at radius 2 is 1.82 bits per heavy atom. The maximum Gasteiger partial charge on any atom is 0.250 e. The van der Waals surface area contributed by atoms with Crippen LogP contribution in [0.25, 0.3) is 0 Å². The van der Waals surface area contributed by atoms with Gasteiger partial charge < -0.3 is 11.1 Å². The minimum atomic E-state index is -0.405. The Morgan fingerprint density at radius 1 is 1.18 bits per heavy atom. The van der Waals surface area contributed by atoms with Gasteiger partial charge in [0.25, 0.3) is 5.91 Å². The van der Waals surface area contributed by atoms with E-state index in [4.69, 9.17) is 5.73 Å². The van der Waals surface area contributed by atoms with Gasteiger partial charge in [-0.15, -0.1) is 12.4 Å². The quantitative estimate of drug-likeness (QED) is 0.881. The number of amides is 1. The topological polar surface area (TPSA) is 68.0 Å². The average molecular weight is 320 g/mol. The number of aromatic nitrogens is 1. The normalized spacial score (nSPS) is 9.95. The van der Waals surface area contributed by atoms with Crippen molar-refractivity contribution in [1.29, 1.82) is 0 Å². The van der Waals surface area contributed by atoms with Gasteiger partial charge in [-0.05, 0) is 43.5 Å². The number of nitrogens with one attached hydrogen (secondary N) is 1. The van der Waals surface area contributed by atoms with Crippen LogP contribution in [0.4, 0.5) is 11.5 Å². The van der Waals surface area contributed by atoms with E-state index in [0.29, 0.717) is 12.0 Å². The molecule has 1 aromatic carbocycles. The number of halogens is 1. The number of carbonyl (C=O) groups excluding carboxylic acids is 1. The van der Waals surface area contributed by atoms with E-state index in [1.165, 1.54) is 5.56 Å². The Balaban J connectivity index is 0.00000242. The molecule has 0 aliphatic carbocycles. The number of hydrogen-bond donors (Lipinski definition) is 2. The van der Waals surface area contributed by atoms with Gasteiger partial charge >= 0.3 is 0 Å². The molecule has 2 aromatic rings. The molecule has 0 fully saturated rings. The number of aryl methyl sites for hydroxylation is 3. The zero-order valence-corrected chi connectivity index (χ0v) is 14.0. The first-order valence-electron chi connectivity index (χ1n) is 7.21. The molecule has 0 bridgehead atoms. The largest absolute Gasteiger partial charge is 0.366 e. The Labute approximate surface area is 137 Å². The zero-order valence-electron chi connectivity index (χ0n) is 13.1. The molecule has 0 aliphatic heterocycles. The summed E-state index contributed by atoms with van der Waals surface area (Å²) in [6.45, 7) is 6.04. The third-order valence-electron chi connectivity index (χ3n) is 3.46. The maximum absolute atomic E-state index is 11.6. The SMILES string of the molecule is CCc1cc(Nc2ccc(C)cc2)nc(CC)c1C(N)=O.Cl. The lowest BCUT2D eigenvalue weighted by Gasteiger charge is -2.13. The van der Waals surface area contributed by atoms with Gasteiger partial charge in [-0.2, -0.15) is 0 Å². The molecule has 0 saturated heterocycles. The van der Waals surface area contributed by atoms with Crippen LogP contribution in [0.1, 0.15) is 41.0 Å². The second-order valence-electron chi connectivity index (χ2n) is 5.05. The molecule has 118 valence electrons. The van der Waals surface area contributed by atoms with Gasteiger partial charge in [-0.25, -0.2) is 4.98 Å². The highest BCUT2D eigenvalue weighted by Gasteiger charge is 2.15. The number of hydrogen-bond acceptors (Lipinski definition) is 3. The van der Waals surface area contributed by atoms with Crippen molar-refractivity contribution in [1.82, 2.24) is 4.98 Å². The number of nitrogens with zero attached hydrogens (tertiary/aromatic N) is 1. The van der Waals surface area contributed by atoms with Crippen molar-refractivity contribution in [2.45, 2.75) is 33.6 Å². The van der Waals surface area contributed by atoms with Crippen molar-refractivity contribution in [3.63, 3.8) is 0 Å². The molecule has 5 heteroatoms. The van der Waals surface area contributed by atoms with E-state index in [1.807, 2.05) is 51.1 Å². The van der Waals surface area contributed by atoms with E-state index in [9.17, 15) is 4.79 Å². The van der Waals surface area contributed by atoms with Crippen molar-refractivity contribution in [2.24, 2.45) is 5.73 Å². The number of benzene rings is 1. The van der Waals surface area contributed by atoms with Crippen molar-refractivity contribution in [3.8, 4) is 0 Å². The fraction of sp³-hybridized carbons (Fsp3) is 0.294. The molecule has 4 nitrogen and oxygen atoms in total. The lowest BCUT2D eigenvalue weighted by atomic mass is 10.0. The second kappa shape index (κ2) is 7.80. The van der Waals surface area contributed by atoms with Crippen LogP contribution in [-0.2, 0) is 12.8 Å². The standard InChI is InChI=1S/C17H21N3O.ClH/c1-4-12-10-15(19-13-8-6-11(3)7-9-13)20-14(5-2)16(12)17(18)21;/h6-10H,4-5H2,1-3H3,(H2,18,21)(H,19,20);1H. The van der Waals surface area contributed by atoms with Crippen LogP contribution in [-0.4, -0.2) is 10.9 Å². The number of carbonyl (C=O) groups is 1. The summed E-state index contributed by atoms with van der Waals surface area (Å²) < 4.78 is 0. The molecule has 0 saturated carbocycles. The average Bonchev–Trinajstić information content (AvgIpc) is 2.48.